The van der Waals surface area contributed by atoms with Crippen molar-refractivity contribution in [3.63, 3.8) is 0 Å². The van der Waals surface area contributed by atoms with Crippen LogP contribution in [0.15, 0.2) is 6.07 Å². The summed E-state index contributed by atoms with van der Waals surface area (Å²) < 4.78 is 5.04. The molecule has 2 N–H and O–H groups in total. The number of ether oxygens (including phenoxy) is 1. The first-order valence-electron chi connectivity index (χ1n) is 6.08. The second kappa shape index (κ2) is 7.06. The molecule has 0 radical (unpaired) electrons. The fourth-order valence-corrected chi connectivity index (χ4v) is 1.74. The van der Waals surface area contributed by atoms with E-state index < -0.39 is 0 Å². The maximum atomic E-state index is 5.79. The van der Waals surface area contributed by atoms with Gasteiger partial charge in [0.2, 0.25) is 0 Å². The lowest BCUT2D eigenvalue weighted by Crippen LogP contribution is -2.26. The van der Waals surface area contributed by atoms with E-state index in [1.807, 2.05) is 6.07 Å². The van der Waals surface area contributed by atoms with E-state index >= 15 is 0 Å². The first-order valence-corrected chi connectivity index (χ1v) is 6.08. The second-order valence-corrected chi connectivity index (χ2v) is 3.99. The van der Waals surface area contributed by atoms with Gasteiger partial charge in [0, 0.05) is 26.3 Å². The summed E-state index contributed by atoms with van der Waals surface area (Å²) >= 11 is 0. The van der Waals surface area contributed by atoms with E-state index in [1.54, 1.807) is 7.11 Å². The van der Waals surface area contributed by atoms with Gasteiger partial charge >= 0.3 is 0 Å². The third kappa shape index (κ3) is 4.19. The monoisotopic (exact) mass is 238 g/mol. The van der Waals surface area contributed by atoms with Crippen LogP contribution in [0.1, 0.15) is 32.5 Å². The van der Waals surface area contributed by atoms with Crippen LogP contribution >= 0.6 is 0 Å². The van der Waals surface area contributed by atoms with E-state index in [9.17, 15) is 0 Å². The highest BCUT2D eigenvalue weighted by atomic mass is 16.5. The minimum Gasteiger partial charge on any atom is -0.384 e. The number of rotatable bonds is 7. The molecule has 96 valence electrons. The van der Waals surface area contributed by atoms with Crippen LogP contribution in [0.25, 0.3) is 0 Å². The maximum Gasteiger partial charge on any atom is 0.158 e. The van der Waals surface area contributed by atoms with Crippen LogP contribution in [0.4, 0.5) is 11.6 Å². The lowest BCUT2D eigenvalue weighted by molar-refractivity contribution is 0.178. The Hall–Kier alpha value is -1.36. The average molecular weight is 238 g/mol. The number of methoxy groups -OCH3 is 1. The summed E-state index contributed by atoms with van der Waals surface area (Å²) in [6.45, 7) is 6.67. The number of aromatic nitrogens is 2. The Kier molecular flexibility index (Phi) is 5.69. The molecular formula is C12H22N4O. The highest BCUT2D eigenvalue weighted by molar-refractivity contribution is 5.46. The van der Waals surface area contributed by atoms with Crippen molar-refractivity contribution in [2.75, 3.05) is 30.8 Å². The molecule has 0 aliphatic carbocycles. The highest BCUT2D eigenvalue weighted by Gasteiger charge is 2.09. The molecule has 17 heavy (non-hydrogen) atoms. The number of anilines is 2. The van der Waals surface area contributed by atoms with Gasteiger partial charge in [0.1, 0.15) is 18.2 Å². The van der Waals surface area contributed by atoms with Crippen LogP contribution < -0.4 is 10.6 Å². The van der Waals surface area contributed by atoms with Crippen molar-refractivity contribution in [3.8, 4) is 0 Å². The van der Waals surface area contributed by atoms with Crippen LogP contribution in [-0.4, -0.2) is 30.2 Å². The molecule has 0 saturated carbocycles. The SMILES string of the molecule is CCCN(CCC)c1cc(N)nc(COC)n1. The zero-order valence-electron chi connectivity index (χ0n) is 10.9. The van der Waals surface area contributed by atoms with Gasteiger partial charge in [-0.2, -0.15) is 0 Å². The molecule has 0 spiro atoms. The van der Waals surface area contributed by atoms with E-state index in [0.29, 0.717) is 18.2 Å². The lowest BCUT2D eigenvalue weighted by atomic mass is 10.3. The summed E-state index contributed by atoms with van der Waals surface area (Å²) in [7, 11) is 1.63. The third-order valence-electron chi connectivity index (χ3n) is 2.36. The van der Waals surface area contributed by atoms with Crippen molar-refractivity contribution in [1.29, 1.82) is 0 Å². The molecule has 0 amide bonds. The van der Waals surface area contributed by atoms with E-state index in [4.69, 9.17) is 10.5 Å². The van der Waals surface area contributed by atoms with Gasteiger partial charge in [0.25, 0.3) is 0 Å². The Labute approximate surface area is 103 Å². The summed E-state index contributed by atoms with van der Waals surface area (Å²) in [4.78, 5) is 10.8. The smallest absolute Gasteiger partial charge is 0.158 e. The Bertz CT molecular complexity index is 337. The first kappa shape index (κ1) is 13.7. The van der Waals surface area contributed by atoms with Crippen LogP contribution in [0.5, 0.6) is 0 Å². The van der Waals surface area contributed by atoms with Crippen molar-refractivity contribution in [1.82, 2.24) is 9.97 Å². The molecule has 5 heteroatoms. The minimum absolute atomic E-state index is 0.393. The van der Waals surface area contributed by atoms with Crippen LogP contribution in [0.3, 0.4) is 0 Å². The zero-order valence-corrected chi connectivity index (χ0v) is 10.9. The fraction of sp³-hybridized carbons (Fsp3) is 0.667. The van der Waals surface area contributed by atoms with Crippen molar-refractivity contribution >= 4 is 11.6 Å². The molecule has 1 aromatic rings. The van der Waals surface area contributed by atoms with Gasteiger partial charge in [-0.25, -0.2) is 9.97 Å². The van der Waals surface area contributed by atoms with E-state index in [0.717, 1.165) is 31.7 Å². The number of nitrogens with two attached hydrogens (primary N) is 1. The molecule has 0 aliphatic rings. The number of nitrogens with zero attached hydrogens (tertiary/aromatic N) is 3. The summed E-state index contributed by atoms with van der Waals surface area (Å²) in [5, 5.41) is 0. The van der Waals surface area contributed by atoms with Gasteiger partial charge < -0.3 is 15.4 Å². The van der Waals surface area contributed by atoms with Gasteiger partial charge in [-0.05, 0) is 12.8 Å². The van der Waals surface area contributed by atoms with Crippen LogP contribution in [-0.2, 0) is 11.3 Å². The molecule has 0 aromatic carbocycles. The fourth-order valence-electron chi connectivity index (χ4n) is 1.74. The number of nitrogen functional groups attached to an aromatic ring is 1. The van der Waals surface area contributed by atoms with Crippen molar-refractivity contribution in [2.45, 2.75) is 33.3 Å². The molecule has 1 heterocycles. The second-order valence-electron chi connectivity index (χ2n) is 3.99. The average Bonchev–Trinajstić information content (AvgIpc) is 2.28. The van der Waals surface area contributed by atoms with Crippen LogP contribution in [0.2, 0.25) is 0 Å². The topological polar surface area (TPSA) is 64.3 Å². The number of hydrogen-bond acceptors (Lipinski definition) is 5. The largest absolute Gasteiger partial charge is 0.384 e. The van der Waals surface area contributed by atoms with Crippen LogP contribution in [0, 0.1) is 0 Å². The van der Waals surface area contributed by atoms with Crippen molar-refractivity contribution in [2.24, 2.45) is 0 Å². The Morgan fingerprint density at radius 3 is 2.41 bits per heavy atom. The van der Waals surface area contributed by atoms with Crippen molar-refractivity contribution in [3.05, 3.63) is 11.9 Å². The molecule has 0 fully saturated rings. The molecular weight excluding hydrogens is 216 g/mol. The highest BCUT2D eigenvalue weighted by Crippen LogP contribution is 2.15. The zero-order chi connectivity index (χ0) is 12.7. The van der Waals surface area contributed by atoms with E-state index in [2.05, 4.69) is 28.7 Å². The van der Waals surface area contributed by atoms with Crippen molar-refractivity contribution < 1.29 is 4.74 Å². The third-order valence-corrected chi connectivity index (χ3v) is 2.36. The molecule has 0 aliphatic heterocycles. The predicted octanol–water partition coefficient (Wildman–Crippen LogP) is 1.83. The minimum atomic E-state index is 0.393. The summed E-state index contributed by atoms with van der Waals surface area (Å²) in [6.07, 6.45) is 2.17. The summed E-state index contributed by atoms with van der Waals surface area (Å²) in [5.41, 5.74) is 5.79. The molecule has 0 bridgehead atoms. The normalized spacial score (nSPS) is 10.5. The van der Waals surface area contributed by atoms with E-state index in [-0.39, 0.29) is 0 Å². The predicted molar refractivity (Wildman–Crippen MR) is 70.0 cm³/mol. The number of hydrogen-bond donors (Lipinski definition) is 1. The molecule has 0 saturated heterocycles. The molecule has 0 unspecified atom stereocenters. The molecule has 1 aromatic heterocycles. The maximum absolute atomic E-state index is 5.79. The summed E-state index contributed by atoms with van der Waals surface area (Å²) in [5.74, 6) is 2.03. The van der Waals surface area contributed by atoms with E-state index in [1.165, 1.54) is 0 Å². The molecule has 5 nitrogen and oxygen atoms in total. The van der Waals surface area contributed by atoms with Gasteiger partial charge in [0.15, 0.2) is 5.82 Å². The quantitative estimate of drug-likeness (QED) is 0.785. The van der Waals surface area contributed by atoms with Gasteiger partial charge in [-0.3, -0.25) is 0 Å². The van der Waals surface area contributed by atoms with Gasteiger partial charge in [-0.1, -0.05) is 13.8 Å². The Balaban J connectivity index is 2.92. The van der Waals surface area contributed by atoms with Gasteiger partial charge in [0.05, 0.1) is 0 Å². The Morgan fingerprint density at radius 1 is 1.24 bits per heavy atom. The lowest BCUT2D eigenvalue weighted by Gasteiger charge is -2.23. The molecule has 1 rings (SSSR count). The Morgan fingerprint density at radius 2 is 1.88 bits per heavy atom. The standard InChI is InChI=1S/C12H22N4O/c1-4-6-16(7-5-2)12-8-10(13)14-11(15-12)9-17-3/h8H,4-7,9H2,1-3H3,(H2,13,14,15). The van der Waals surface area contributed by atoms with Gasteiger partial charge in [-0.15, -0.1) is 0 Å². The summed E-state index contributed by atoms with van der Waals surface area (Å²) in [6, 6.07) is 1.82. The first-order chi connectivity index (χ1) is 8.21. The molecule has 0 atom stereocenters.